The first kappa shape index (κ1) is 12.2. The molecule has 4 nitrogen and oxygen atoms in total. The summed E-state index contributed by atoms with van der Waals surface area (Å²) < 4.78 is 27.2. The Balaban J connectivity index is 2.07. The Kier molecular flexibility index (Phi) is 2.80. The second-order valence-electron chi connectivity index (χ2n) is 4.61. The van der Waals surface area contributed by atoms with E-state index in [1.807, 2.05) is 43.3 Å². The molecule has 2 aromatic rings. The fourth-order valence-electron chi connectivity index (χ4n) is 2.17. The highest BCUT2D eigenvalue weighted by molar-refractivity contribution is 7.89. The van der Waals surface area contributed by atoms with Gasteiger partial charge in [-0.2, -0.15) is 4.72 Å². The van der Waals surface area contributed by atoms with E-state index in [1.165, 1.54) is 0 Å². The van der Waals surface area contributed by atoms with Gasteiger partial charge in [-0.15, -0.1) is 0 Å². The highest BCUT2D eigenvalue weighted by atomic mass is 32.2. The van der Waals surface area contributed by atoms with Gasteiger partial charge >= 0.3 is 0 Å². The van der Waals surface area contributed by atoms with Crippen LogP contribution in [-0.4, -0.2) is 8.42 Å². The zero-order chi connectivity index (χ0) is 13.5. The van der Waals surface area contributed by atoms with E-state index < -0.39 is 16.2 Å². The molecule has 1 atom stereocenters. The van der Waals surface area contributed by atoms with Crippen LogP contribution in [0.3, 0.4) is 0 Å². The van der Waals surface area contributed by atoms with Crippen molar-refractivity contribution in [2.75, 3.05) is 5.32 Å². The van der Waals surface area contributed by atoms with Crippen LogP contribution in [0.4, 0.5) is 5.69 Å². The van der Waals surface area contributed by atoms with Crippen molar-refractivity contribution >= 4 is 15.7 Å². The zero-order valence-electron chi connectivity index (χ0n) is 10.4. The van der Waals surface area contributed by atoms with Crippen molar-refractivity contribution in [2.45, 2.75) is 18.0 Å². The van der Waals surface area contributed by atoms with Crippen LogP contribution in [0.1, 0.15) is 17.3 Å². The van der Waals surface area contributed by atoms with Crippen LogP contribution in [0.2, 0.25) is 0 Å². The number of sulfonamides is 1. The van der Waals surface area contributed by atoms with E-state index in [0.29, 0.717) is 10.6 Å². The Bertz CT molecular complexity index is 711. The van der Waals surface area contributed by atoms with Crippen LogP contribution in [0.15, 0.2) is 53.4 Å². The predicted molar refractivity (Wildman–Crippen MR) is 74.3 cm³/mol. The number of fused-ring (bicyclic) bond motifs is 1. The molecule has 1 aliphatic rings. The highest BCUT2D eigenvalue weighted by Gasteiger charge is 2.29. The maximum absolute atomic E-state index is 12.3. The van der Waals surface area contributed by atoms with E-state index in [9.17, 15) is 8.42 Å². The van der Waals surface area contributed by atoms with Gasteiger partial charge in [0.25, 0.3) is 0 Å². The lowest BCUT2D eigenvalue weighted by atomic mass is 10.1. The lowest BCUT2D eigenvalue weighted by molar-refractivity contribution is 0.562. The monoisotopic (exact) mass is 274 g/mol. The second-order valence-corrected chi connectivity index (χ2v) is 6.29. The second kappa shape index (κ2) is 4.36. The van der Waals surface area contributed by atoms with E-state index in [0.717, 1.165) is 11.1 Å². The summed E-state index contributed by atoms with van der Waals surface area (Å²) in [6.45, 7) is 1.87. The number of nitrogens with one attached hydrogen (secondary N) is 2. The molecule has 0 radical (unpaired) electrons. The molecule has 0 amide bonds. The van der Waals surface area contributed by atoms with Crippen molar-refractivity contribution in [3.05, 3.63) is 59.7 Å². The van der Waals surface area contributed by atoms with Gasteiger partial charge in [0, 0.05) is 0 Å². The predicted octanol–water partition coefficient (Wildman–Crippen LogP) is 2.40. The van der Waals surface area contributed by atoms with E-state index in [1.54, 1.807) is 12.1 Å². The Morgan fingerprint density at radius 3 is 2.53 bits per heavy atom. The Morgan fingerprint density at radius 2 is 1.79 bits per heavy atom. The third-order valence-corrected chi connectivity index (χ3v) is 4.60. The molecule has 0 aliphatic carbocycles. The molecular weight excluding hydrogens is 260 g/mol. The molecule has 1 unspecified atom stereocenters. The molecule has 2 aromatic carbocycles. The number of hydrogen-bond acceptors (Lipinski definition) is 3. The van der Waals surface area contributed by atoms with E-state index >= 15 is 0 Å². The molecule has 3 rings (SSSR count). The number of benzene rings is 2. The molecular formula is C14H14N2O2S. The average molecular weight is 274 g/mol. The van der Waals surface area contributed by atoms with Crippen LogP contribution in [-0.2, 0) is 10.0 Å². The standard InChI is InChI=1S/C14H14N2O2S/c1-10-7-8-12-13(9-10)19(17,18)16-14(15-12)11-5-3-2-4-6-11/h2-9,14-16H,1H3. The summed E-state index contributed by atoms with van der Waals surface area (Å²) in [5.41, 5.74) is 2.44. The first-order valence-corrected chi connectivity index (χ1v) is 7.49. The normalized spacial score (nSPS) is 20.4. The summed E-state index contributed by atoms with van der Waals surface area (Å²) in [4.78, 5) is 0.305. The molecule has 0 saturated carbocycles. The topological polar surface area (TPSA) is 58.2 Å². The lowest BCUT2D eigenvalue weighted by Crippen LogP contribution is -2.38. The highest BCUT2D eigenvalue weighted by Crippen LogP contribution is 2.31. The van der Waals surface area contributed by atoms with Crippen LogP contribution in [0.25, 0.3) is 0 Å². The average Bonchev–Trinajstić information content (AvgIpc) is 2.40. The molecule has 5 heteroatoms. The summed E-state index contributed by atoms with van der Waals surface area (Å²) in [6.07, 6.45) is -0.429. The molecule has 1 aliphatic heterocycles. The third kappa shape index (κ3) is 2.22. The van der Waals surface area contributed by atoms with Gasteiger partial charge in [-0.25, -0.2) is 8.42 Å². The lowest BCUT2D eigenvalue weighted by Gasteiger charge is -2.28. The molecule has 1 heterocycles. The van der Waals surface area contributed by atoms with Gasteiger partial charge in [0.15, 0.2) is 0 Å². The van der Waals surface area contributed by atoms with Gasteiger partial charge in [-0.1, -0.05) is 36.4 Å². The molecule has 0 aromatic heterocycles. The number of anilines is 1. The van der Waals surface area contributed by atoms with Crippen molar-refractivity contribution in [1.82, 2.24) is 4.72 Å². The largest absolute Gasteiger partial charge is 0.364 e. The number of rotatable bonds is 1. The summed E-state index contributed by atoms with van der Waals surface area (Å²) >= 11 is 0. The fraction of sp³-hybridized carbons (Fsp3) is 0.143. The van der Waals surface area contributed by atoms with Gasteiger partial charge < -0.3 is 5.32 Å². The van der Waals surface area contributed by atoms with Crippen molar-refractivity contribution < 1.29 is 8.42 Å². The molecule has 98 valence electrons. The van der Waals surface area contributed by atoms with Gasteiger partial charge in [0.05, 0.1) is 5.69 Å². The van der Waals surface area contributed by atoms with Crippen molar-refractivity contribution in [3.8, 4) is 0 Å². The first-order valence-electron chi connectivity index (χ1n) is 6.01. The van der Waals surface area contributed by atoms with Gasteiger partial charge in [-0.3, -0.25) is 0 Å². The molecule has 0 saturated heterocycles. The third-order valence-electron chi connectivity index (χ3n) is 3.13. The van der Waals surface area contributed by atoms with Crippen LogP contribution >= 0.6 is 0 Å². The number of aryl methyl sites for hydroxylation is 1. The minimum atomic E-state index is -3.47. The van der Waals surface area contributed by atoms with Crippen molar-refractivity contribution in [1.29, 1.82) is 0 Å². The maximum Gasteiger partial charge on any atom is 0.244 e. The van der Waals surface area contributed by atoms with E-state index in [4.69, 9.17) is 0 Å². The molecule has 0 spiro atoms. The number of hydrogen-bond donors (Lipinski definition) is 2. The van der Waals surface area contributed by atoms with Gasteiger partial charge in [0.1, 0.15) is 11.1 Å². The molecule has 2 N–H and O–H groups in total. The minimum Gasteiger partial charge on any atom is -0.364 e. The summed E-state index contributed by atoms with van der Waals surface area (Å²) in [7, 11) is -3.47. The SMILES string of the molecule is Cc1ccc2c(c1)S(=O)(=O)NC(c1ccccc1)N2. The van der Waals surface area contributed by atoms with Crippen LogP contribution < -0.4 is 10.0 Å². The Hall–Kier alpha value is -1.85. The molecule has 0 fully saturated rings. The Morgan fingerprint density at radius 1 is 1.05 bits per heavy atom. The first-order chi connectivity index (χ1) is 9.06. The van der Waals surface area contributed by atoms with E-state index in [2.05, 4.69) is 10.0 Å². The molecule has 0 bridgehead atoms. The van der Waals surface area contributed by atoms with Crippen LogP contribution in [0.5, 0.6) is 0 Å². The minimum absolute atomic E-state index is 0.305. The van der Waals surface area contributed by atoms with Gasteiger partial charge in [0.2, 0.25) is 10.0 Å². The quantitative estimate of drug-likeness (QED) is 0.839. The summed E-state index contributed by atoms with van der Waals surface area (Å²) in [5, 5.41) is 3.21. The summed E-state index contributed by atoms with van der Waals surface area (Å²) in [6, 6.07) is 14.8. The molecule has 19 heavy (non-hydrogen) atoms. The Labute approximate surface area is 112 Å². The summed E-state index contributed by atoms with van der Waals surface area (Å²) in [5.74, 6) is 0. The van der Waals surface area contributed by atoms with Crippen LogP contribution in [0, 0.1) is 6.92 Å². The van der Waals surface area contributed by atoms with Gasteiger partial charge in [-0.05, 0) is 30.2 Å². The van der Waals surface area contributed by atoms with Crippen molar-refractivity contribution in [2.24, 2.45) is 0 Å². The van der Waals surface area contributed by atoms with Crippen molar-refractivity contribution in [3.63, 3.8) is 0 Å². The zero-order valence-corrected chi connectivity index (χ0v) is 11.2. The fourth-order valence-corrected chi connectivity index (χ4v) is 3.56. The maximum atomic E-state index is 12.3. The smallest absolute Gasteiger partial charge is 0.244 e. The van der Waals surface area contributed by atoms with E-state index in [-0.39, 0.29) is 0 Å².